The molecule has 1 rings (SSSR count). The quantitative estimate of drug-likeness (QED) is 0.638. The molecule has 96 valence electrons. The van der Waals surface area contributed by atoms with E-state index in [-0.39, 0.29) is 5.41 Å². The van der Waals surface area contributed by atoms with E-state index >= 15 is 0 Å². The predicted octanol–water partition coefficient (Wildman–Crippen LogP) is 5.37. The summed E-state index contributed by atoms with van der Waals surface area (Å²) < 4.78 is 7.06. The molecule has 1 aromatic carbocycles. The van der Waals surface area contributed by atoms with Gasteiger partial charge in [0.15, 0.2) is 0 Å². The average molecular weight is 364 g/mol. The highest BCUT2D eigenvalue weighted by atomic mass is 79.9. The summed E-state index contributed by atoms with van der Waals surface area (Å²) in [5, 5.41) is 0.938. The number of benzene rings is 1. The molecule has 0 amide bonds. The van der Waals surface area contributed by atoms with E-state index < -0.39 is 0 Å². The largest absolute Gasteiger partial charge is 0.493 e. The monoisotopic (exact) mass is 362 g/mol. The lowest BCUT2D eigenvalue weighted by atomic mass is 9.98. The van der Waals surface area contributed by atoms with Crippen molar-refractivity contribution < 1.29 is 4.74 Å². The van der Waals surface area contributed by atoms with Crippen LogP contribution in [0.15, 0.2) is 22.7 Å². The van der Waals surface area contributed by atoms with Gasteiger partial charge in [-0.15, -0.1) is 0 Å². The maximum atomic E-state index is 5.96. The van der Waals surface area contributed by atoms with E-state index in [0.29, 0.717) is 5.92 Å². The first kappa shape index (κ1) is 15.0. The van der Waals surface area contributed by atoms with Crippen LogP contribution in [0.5, 0.6) is 5.75 Å². The fourth-order valence-corrected chi connectivity index (χ4v) is 1.95. The van der Waals surface area contributed by atoms with Gasteiger partial charge in [-0.05, 0) is 29.7 Å². The number of hydrogen-bond donors (Lipinski definition) is 0. The second kappa shape index (κ2) is 6.24. The summed E-state index contributed by atoms with van der Waals surface area (Å²) in [5.41, 5.74) is 1.41. The number of ether oxygens (including phenoxy) is 1. The number of rotatable bonds is 5. The smallest absolute Gasteiger partial charge is 0.122 e. The normalized spacial score (nSPS) is 11.9. The Morgan fingerprint density at radius 3 is 2.47 bits per heavy atom. The van der Waals surface area contributed by atoms with Gasteiger partial charge in [0, 0.05) is 15.2 Å². The third kappa shape index (κ3) is 4.63. The van der Waals surface area contributed by atoms with Crippen molar-refractivity contribution in [3.63, 3.8) is 0 Å². The zero-order valence-electron chi connectivity index (χ0n) is 10.9. The van der Waals surface area contributed by atoms with E-state index in [1.807, 2.05) is 12.1 Å². The summed E-state index contributed by atoms with van der Waals surface area (Å²) >= 11 is 7.02. The molecule has 3 heteroatoms. The van der Waals surface area contributed by atoms with Crippen molar-refractivity contribution in [1.82, 2.24) is 0 Å². The van der Waals surface area contributed by atoms with Gasteiger partial charge in [-0.2, -0.15) is 0 Å². The highest BCUT2D eigenvalue weighted by Crippen LogP contribution is 2.31. The van der Waals surface area contributed by atoms with Crippen LogP contribution in [0.1, 0.15) is 39.2 Å². The SMILES string of the molecule is CC(C)c1cc(Br)ccc1OCC(C)(C)CBr. The molecule has 0 aliphatic carbocycles. The van der Waals surface area contributed by atoms with Gasteiger partial charge in [0.1, 0.15) is 5.75 Å². The van der Waals surface area contributed by atoms with E-state index in [2.05, 4.69) is 65.6 Å². The lowest BCUT2D eigenvalue weighted by molar-refractivity contribution is 0.201. The molecular weight excluding hydrogens is 344 g/mol. The van der Waals surface area contributed by atoms with Gasteiger partial charge in [0.25, 0.3) is 0 Å². The van der Waals surface area contributed by atoms with Gasteiger partial charge in [0.05, 0.1) is 6.61 Å². The third-order valence-electron chi connectivity index (χ3n) is 2.57. The summed E-state index contributed by atoms with van der Waals surface area (Å²) in [4.78, 5) is 0. The lowest BCUT2D eigenvalue weighted by Gasteiger charge is -2.23. The van der Waals surface area contributed by atoms with Crippen LogP contribution in [-0.4, -0.2) is 11.9 Å². The van der Waals surface area contributed by atoms with E-state index in [0.717, 1.165) is 22.2 Å². The zero-order chi connectivity index (χ0) is 13.1. The van der Waals surface area contributed by atoms with Gasteiger partial charge >= 0.3 is 0 Å². The van der Waals surface area contributed by atoms with E-state index in [1.54, 1.807) is 0 Å². The number of hydrogen-bond acceptors (Lipinski definition) is 1. The van der Waals surface area contributed by atoms with Crippen LogP contribution < -0.4 is 4.74 Å². The fraction of sp³-hybridized carbons (Fsp3) is 0.571. The molecule has 0 saturated heterocycles. The second-order valence-electron chi connectivity index (χ2n) is 5.42. The van der Waals surface area contributed by atoms with Crippen molar-refractivity contribution in [3.8, 4) is 5.75 Å². The summed E-state index contributed by atoms with van der Waals surface area (Å²) in [7, 11) is 0. The average Bonchev–Trinajstić information content (AvgIpc) is 2.27. The van der Waals surface area contributed by atoms with Crippen LogP contribution in [0, 0.1) is 5.41 Å². The minimum absolute atomic E-state index is 0.154. The first-order valence-electron chi connectivity index (χ1n) is 5.84. The molecule has 0 spiro atoms. The summed E-state index contributed by atoms with van der Waals surface area (Å²) in [6, 6.07) is 6.22. The Balaban J connectivity index is 2.84. The van der Waals surface area contributed by atoms with Gasteiger partial charge in [0.2, 0.25) is 0 Å². The molecular formula is C14H20Br2O. The van der Waals surface area contributed by atoms with Crippen molar-refractivity contribution in [1.29, 1.82) is 0 Å². The zero-order valence-corrected chi connectivity index (χ0v) is 14.1. The molecule has 0 aromatic heterocycles. The minimum Gasteiger partial charge on any atom is -0.493 e. The van der Waals surface area contributed by atoms with Crippen LogP contribution in [-0.2, 0) is 0 Å². The Labute approximate surface area is 121 Å². The topological polar surface area (TPSA) is 9.23 Å². The van der Waals surface area contributed by atoms with Crippen LogP contribution in [0.25, 0.3) is 0 Å². The minimum atomic E-state index is 0.154. The maximum Gasteiger partial charge on any atom is 0.122 e. The molecule has 0 unspecified atom stereocenters. The van der Waals surface area contributed by atoms with Crippen LogP contribution in [0.4, 0.5) is 0 Å². The molecule has 0 radical (unpaired) electrons. The molecule has 0 N–H and O–H groups in total. The standard InChI is InChI=1S/C14H20Br2O/c1-10(2)12-7-11(16)5-6-13(12)17-9-14(3,4)8-15/h5-7,10H,8-9H2,1-4H3. The Morgan fingerprint density at radius 2 is 1.94 bits per heavy atom. The Bertz CT molecular complexity index is 372. The van der Waals surface area contributed by atoms with Crippen LogP contribution in [0.2, 0.25) is 0 Å². The fourth-order valence-electron chi connectivity index (χ4n) is 1.41. The number of halogens is 2. The van der Waals surface area contributed by atoms with Gasteiger partial charge in [-0.1, -0.05) is 59.6 Å². The van der Waals surface area contributed by atoms with E-state index in [4.69, 9.17) is 4.74 Å². The maximum absolute atomic E-state index is 5.96. The van der Waals surface area contributed by atoms with E-state index in [1.165, 1.54) is 5.56 Å². The van der Waals surface area contributed by atoms with Crippen molar-refractivity contribution in [3.05, 3.63) is 28.2 Å². The van der Waals surface area contributed by atoms with Crippen molar-refractivity contribution in [2.75, 3.05) is 11.9 Å². The first-order chi connectivity index (χ1) is 7.85. The summed E-state index contributed by atoms with van der Waals surface area (Å²) in [6.45, 7) is 9.47. The third-order valence-corrected chi connectivity index (χ3v) is 4.59. The predicted molar refractivity (Wildman–Crippen MR) is 81.3 cm³/mol. The molecule has 0 atom stereocenters. The Kier molecular flexibility index (Phi) is 5.52. The molecule has 1 aromatic rings. The molecule has 1 nitrogen and oxygen atoms in total. The highest BCUT2D eigenvalue weighted by Gasteiger charge is 2.18. The highest BCUT2D eigenvalue weighted by molar-refractivity contribution is 9.10. The van der Waals surface area contributed by atoms with Crippen molar-refractivity contribution in [2.24, 2.45) is 5.41 Å². The Hall–Kier alpha value is -0.0200. The first-order valence-corrected chi connectivity index (χ1v) is 7.75. The number of alkyl halides is 1. The van der Waals surface area contributed by atoms with Gasteiger partial charge in [-0.25, -0.2) is 0 Å². The molecule has 0 aliphatic rings. The Morgan fingerprint density at radius 1 is 1.29 bits per heavy atom. The van der Waals surface area contributed by atoms with Gasteiger partial charge < -0.3 is 4.74 Å². The second-order valence-corrected chi connectivity index (χ2v) is 6.90. The summed E-state index contributed by atoms with van der Waals surface area (Å²) in [5.74, 6) is 1.46. The molecule has 0 aliphatic heterocycles. The molecule has 0 saturated carbocycles. The molecule has 0 fully saturated rings. The van der Waals surface area contributed by atoms with E-state index in [9.17, 15) is 0 Å². The molecule has 17 heavy (non-hydrogen) atoms. The van der Waals surface area contributed by atoms with Crippen molar-refractivity contribution in [2.45, 2.75) is 33.6 Å². The molecule has 0 heterocycles. The van der Waals surface area contributed by atoms with Crippen molar-refractivity contribution >= 4 is 31.9 Å². The van der Waals surface area contributed by atoms with Crippen LogP contribution in [0.3, 0.4) is 0 Å². The molecule has 0 bridgehead atoms. The lowest BCUT2D eigenvalue weighted by Crippen LogP contribution is -2.23. The van der Waals surface area contributed by atoms with Crippen LogP contribution >= 0.6 is 31.9 Å². The van der Waals surface area contributed by atoms with Gasteiger partial charge in [-0.3, -0.25) is 0 Å². The summed E-state index contributed by atoms with van der Waals surface area (Å²) in [6.07, 6.45) is 0.